The number of hydrogen-bond acceptors (Lipinski definition) is 4. The number of benzene rings is 2. The number of nitrogens with one attached hydrogen (secondary N) is 1. The van der Waals surface area contributed by atoms with Gasteiger partial charge in [0.15, 0.2) is 11.5 Å². The normalized spacial score (nSPS) is 12.1. The number of rotatable bonds is 5. The molecule has 0 bridgehead atoms. The van der Waals surface area contributed by atoms with Crippen LogP contribution in [0.5, 0.6) is 17.2 Å². The number of ether oxygens (including phenoxy) is 3. The fourth-order valence-electron chi connectivity index (χ4n) is 2.42. The molecule has 23 heavy (non-hydrogen) atoms. The summed E-state index contributed by atoms with van der Waals surface area (Å²) in [6, 6.07) is 10.9. The molecule has 1 aliphatic heterocycles. The molecule has 0 atom stereocenters. The Hall–Kier alpha value is -2.40. The largest absolute Gasteiger partial charge is 0.496 e. The van der Waals surface area contributed by atoms with Gasteiger partial charge in [0.1, 0.15) is 5.75 Å². The molecule has 0 spiro atoms. The monoisotopic (exact) mass is 333 g/mol. The highest BCUT2D eigenvalue weighted by atomic mass is 35.5. The van der Waals surface area contributed by atoms with E-state index < -0.39 is 0 Å². The zero-order chi connectivity index (χ0) is 16.2. The summed E-state index contributed by atoms with van der Waals surface area (Å²) in [6.07, 6.45) is 0.675. The van der Waals surface area contributed by atoms with Crippen LogP contribution in [0.2, 0.25) is 5.02 Å². The summed E-state index contributed by atoms with van der Waals surface area (Å²) >= 11 is 6.09. The summed E-state index contributed by atoms with van der Waals surface area (Å²) in [5.74, 6) is 1.58. The van der Waals surface area contributed by atoms with Gasteiger partial charge in [0.2, 0.25) is 6.79 Å². The molecular weight excluding hydrogens is 318 g/mol. The lowest BCUT2D eigenvalue weighted by molar-refractivity contribution is 0.0953. The second-order valence-electron chi connectivity index (χ2n) is 5.01. The van der Waals surface area contributed by atoms with Gasteiger partial charge in [0.05, 0.1) is 12.1 Å². The van der Waals surface area contributed by atoms with Gasteiger partial charge >= 0.3 is 0 Å². The minimum absolute atomic E-state index is 0.119. The number of amides is 1. The number of carbonyl (C=O) groups is 1. The second kappa shape index (κ2) is 6.79. The van der Waals surface area contributed by atoms with Crippen LogP contribution in [0.3, 0.4) is 0 Å². The van der Waals surface area contributed by atoms with Crippen LogP contribution in [0.4, 0.5) is 0 Å². The molecule has 0 saturated heterocycles. The van der Waals surface area contributed by atoms with Crippen molar-refractivity contribution in [1.29, 1.82) is 0 Å². The van der Waals surface area contributed by atoms with Crippen LogP contribution in [0.25, 0.3) is 0 Å². The van der Waals surface area contributed by atoms with Crippen LogP contribution in [0.1, 0.15) is 15.9 Å². The molecule has 6 heteroatoms. The van der Waals surface area contributed by atoms with Crippen molar-refractivity contribution in [2.45, 2.75) is 6.42 Å². The third-order valence-corrected chi connectivity index (χ3v) is 3.84. The van der Waals surface area contributed by atoms with Crippen molar-refractivity contribution in [3.8, 4) is 17.2 Å². The van der Waals surface area contributed by atoms with Crippen LogP contribution >= 0.6 is 11.6 Å². The van der Waals surface area contributed by atoms with Crippen LogP contribution < -0.4 is 19.5 Å². The van der Waals surface area contributed by atoms with Crippen molar-refractivity contribution in [3.05, 3.63) is 52.5 Å². The third kappa shape index (κ3) is 3.35. The summed E-state index contributed by atoms with van der Waals surface area (Å²) in [4.78, 5) is 12.2. The topological polar surface area (TPSA) is 56.8 Å². The molecule has 0 radical (unpaired) electrons. The molecule has 1 heterocycles. The van der Waals surface area contributed by atoms with Crippen LogP contribution in [0, 0.1) is 0 Å². The molecule has 120 valence electrons. The van der Waals surface area contributed by atoms with E-state index in [1.54, 1.807) is 19.2 Å². The van der Waals surface area contributed by atoms with Crippen molar-refractivity contribution in [3.63, 3.8) is 0 Å². The minimum Gasteiger partial charge on any atom is -0.496 e. The maximum absolute atomic E-state index is 12.2. The number of halogens is 1. The van der Waals surface area contributed by atoms with E-state index in [0.717, 1.165) is 11.3 Å². The van der Waals surface area contributed by atoms with Crippen LogP contribution in [-0.2, 0) is 6.42 Å². The maximum Gasteiger partial charge on any atom is 0.251 e. The van der Waals surface area contributed by atoms with E-state index in [2.05, 4.69) is 5.32 Å². The first-order valence-electron chi connectivity index (χ1n) is 7.18. The summed E-state index contributed by atoms with van der Waals surface area (Å²) < 4.78 is 15.8. The number of fused-ring (bicyclic) bond motifs is 1. The molecule has 0 saturated carbocycles. The van der Waals surface area contributed by atoms with E-state index >= 15 is 0 Å². The van der Waals surface area contributed by atoms with Crippen molar-refractivity contribution in [2.24, 2.45) is 0 Å². The zero-order valence-electron chi connectivity index (χ0n) is 12.6. The number of methoxy groups -OCH3 is 1. The molecule has 2 aromatic carbocycles. The lowest BCUT2D eigenvalue weighted by atomic mass is 10.1. The lowest BCUT2D eigenvalue weighted by Crippen LogP contribution is -2.25. The minimum atomic E-state index is -0.208. The van der Waals surface area contributed by atoms with Crippen molar-refractivity contribution in [2.75, 3.05) is 20.4 Å². The Balaban J connectivity index is 1.63. The summed E-state index contributed by atoms with van der Waals surface area (Å²) in [6.45, 7) is 0.610. The molecule has 0 fully saturated rings. The van der Waals surface area contributed by atoms with E-state index in [4.69, 9.17) is 25.8 Å². The highest BCUT2D eigenvalue weighted by Gasteiger charge is 2.20. The molecule has 1 aliphatic rings. The van der Waals surface area contributed by atoms with E-state index in [1.165, 1.54) is 0 Å². The predicted octanol–water partition coefficient (Wildman–Crippen LogP) is 3.05. The SMILES string of the molecule is COc1ccccc1CCNC(=O)c1cc(Cl)c2c(c1)OCO2. The first-order valence-corrected chi connectivity index (χ1v) is 7.56. The van der Waals surface area contributed by atoms with Crippen molar-refractivity contribution in [1.82, 2.24) is 5.32 Å². The van der Waals surface area contributed by atoms with Gasteiger partial charge in [0, 0.05) is 12.1 Å². The second-order valence-corrected chi connectivity index (χ2v) is 5.42. The van der Waals surface area contributed by atoms with Gasteiger partial charge in [-0.2, -0.15) is 0 Å². The lowest BCUT2D eigenvalue weighted by Gasteiger charge is -2.09. The average molecular weight is 334 g/mol. The molecule has 2 aromatic rings. The average Bonchev–Trinajstić information content (AvgIpc) is 3.04. The highest BCUT2D eigenvalue weighted by Crippen LogP contribution is 2.39. The van der Waals surface area contributed by atoms with Gasteiger partial charge in [-0.1, -0.05) is 29.8 Å². The van der Waals surface area contributed by atoms with Crippen molar-refractivity contribution >= 4 is 17.5 Å². The van der Waals surface area contributed by atoms with Gasteiger partial charge in [-0.25, -0.2) is 0 Å². The van der Waals surface area contributed by atoms with E-state index in [-0.39, 0.29) is 12.7 Å². The van der Waals surface area contributed by atoms with Gasteiger partial charge in [-0.3, -0.25) is 4.79 Å². The van der Waals surface area contributed by atoms with Gasteiger partial charge in [-0.05, 0) is 30.2 Å². The molecule has 3 rings (SSSR count). The Kier molecular flexibility index (Phi) is 4.57. The molecule has 1 amide bonds. The molecule has 1 N–H and O–H groups in total. The summed E-state index contributed by atoms with van der Waals surface area (Å²) in [5.41, 5.74) is 1.48. The Morgan fingerprint density at radius 3 is 2.96 bits per heavy atom. The number of carbonyl (C=O) groups excluding carboxylic acids is 1. The Bertz CT molecular complexity index is 733. The Morgan fingerprint density at radius 1 is 1.30 bits per heavy atom. The van der Waals surface area contributed by atoms with Crippen molar-refractivity contribution < 1.29 is 19.0 Å². The molecule has 0 aromatic heterocycles. The van der Waals surface area contributed by atoms with Crippen LogP contribution in [0.15, 0.2) is 36.4 Å². The van der Waals surface area contributed by atoms with E-state index in [1.807, 2.05) is 24.3 Å². The molecule has 0 aliphatic carbocycles. The Labute approximate surface area is 139 Å². The maximum atomic E-state index is 12.2. The van der Waals surface area contributed by atoms with E-state index in [0.29, 0.717) is 35.1 Å². The quantitative estimate of drug-likeness (QED) is 0.913. The van der Waals surface area contributed by atoms with Gasteiger partial charge in [-0.15, -0.1) is 0 Å². The number of para-hydroxylation sites is 1. The molecular formula is C17H16ClNO4. The highest BCUT2D eigenvalue weighted by molar-refractivity contribution is 6.32. The summed E-state index contributed by atoms with van der Waals surface area (Å²) in [5, 5.41) is 3.24. The summed E-state index contributed by atoms with van der Waals surface area (Å²) in [7, 11) is 1.63. The zero-order valence-corrected chi connectivity index (χ0v) is 13.4. The Morgan fingerprint density at radius 2 is 2.13 bits per heavy atom. The molecule has 0 unspecified atom stereocenters. The first-order chi connectivity index (χ1) is 11.2. The fourth-order valence-corrected chi connectivity index (χ4v) is 2.69. The third-order valence-electron chi connectivity index (χ3n) is 3.56. The number of hydrogen-bond donors (Lipinski definition) is 1. The molecule has 5 nitrogen and oxygen atoms in total. The standard InChI is InChI=1S/C17H16ClNO4/c1-21-14-5-3-2-4-11(14)6-7-19-17(20)12-8-13(18)16-15(9-12)22-10-23-16/h2-5,8-9H,6-7,10H2,1H3,(H,19,20). The predicted molar refractivity (Wildman–Crippen MR) is 86.6 cm³/mol. The van der Waals surface area contributed by atoms with Gasteiger partial charge in [0.25, 0.3) is 5.91 Å². The fraction of sp³-hybridized carbons (Fsp3) is 0.235. The first kappa shape index (κ1) is 15.5. The van der Waals surface area contributed by atoms with Crippen LogP contribution in [-0.4, -0.2) is 26.4 Å². The van der Waals surface area contributed by atoms with Gasteiger partial charge < -0.3 is 19.5 Å². The smallest absolute Gasteiger partial charge is 0.251 e. The van der Waals surface area contributed by atoms with E-state index in [9.17, 15) is 4.79 Å².